The van der Waals surface area contributed by atoms with Crippen molar-refractivity contribution in [2.45, 2.75) is 45.2 Å². The Balaban J connectivity index is 1.87. The highest BCUT2D eigenvalue weighted by molar-refractivity contribution is 7.80. The first-order chi connectivity index (χ1) is 10.0. The number of rotatable bonds is 2. The second kappa shape index (κ2) is 5.85. The normalized spacial score (nSPS) is 26.5. The largest absolute Gasteiger partial charge is 0.388 e. The molecule has 5 nitrogen and oxygen atoms in total. The number of fused-ring (bicyclic) bond motifs is 1. The van der Waals surface area contributed by atoms with Crippen molar-refractivity contribution in [2.75, 3.05) is 24.5 Å². The smallest absolute Gasteiger partial charge is 0.226 e. The van der Waals surface area contributed by atoms with Crippen molar-refractivity contribution in [3.05, 3.63) is 17.5 Å². The van der Waals surface area contributed by atoms with Gasteiger partial charge in [-0.3, -0.25) is 4.90 Å². The number of aryl methyl sites for hydroxylation is 1. The second-order valence-electron chi connectivity index (χ2n) is 6.20. The summed E-state index contributed by atoms with van der Waals surface area (Å²) >= 11 is 5.07. The van der Waals surface area contributed by atoms with Crippen molar-refractivity contribution < 1.29 is 0 Å². The average Bonchev–Trinajstić information content (AvgIpc) is 2.45. The third kappa shape index (κ3) is 3.01. The zero-order valence-corrected chi connectivity index (χ0v) is 13.6. The molecule has 21 heavy (non-hydrogen) atoms. The minimum Gasteiger partial charge on any atom is -0.388 e. The molecule has 0 radical (unpaired) electrons. The molecule has 0 bridgehead atoms. The van der Waals surface area contributed by atoms with Crippen LogP contribution in [0.1, 0.15) is 37.6 Å². The zero-order chi connectivity index (χ0) is 15.0. The molecule has 3 heterocycles. The topological polar surface area (TPSA) is 58.3 Å². The molecule has 2 N–H and O–H groups in total. The molecule has 2 aliphatic rings. The van der Waals surface area contributed by atoms with Crippen LogP contribution in [0, 0.1) is 6.92 Å². The number of piperidine rings is 1. The number of hydrogen-bond donors (Lipinski definition) is 1. The van der Waals surface area contributed by atoms with Gasteiger partial charge in [0.25, 0.3) is 0 Å². The summed E-state index contributed by atoms with van der Waals surface area (Å²) in [6, 6.07) is 2.90. The summed E-state index contributed by atoms with van der Waals surface area (Å²) in [5, 5.41) is 0. The summed E-state index contributed by atoms with van der Waals surface area (Å²) in [4.78, 5) is 14.5. The van der Waals surface area contributed by atoms with Crippen LogP contribution in [0.5, 0.6) is 0 Å². The number of piperazine rings is 1. The van der Waals surface area contributed by atoms with Gasteiger partial charge in [-0.25, -0.2) is 9.97 Å². The number of anilines is 1. The van der Waals surface area contributed by atoms with Crippen LogP contribution < -0.4 is 10.6 Å². The van der Waals surface area contributed by atoms with Crippen molar-refractivity contribution in [1.82, 2.24) is 14.9 Å². The molecule has 2 aliphatic heterocycles. The van der Waals surface area contributed by atoms with Crippen molar-refractivity contribution in [2.24, 2.45) is 5.73 Å². The Morgan fingerprint density at radius 2 is 2.14 bits per heavy atom. The third-order valence-corrected chi connectivity index (χ3v) is 4.75. The molecule has 1 aromatic rings. The first kappa shape index (κ1) is 14.7. The Morgan fingerprint density at radius 1 is 1.33 bits per heavy atom. The molecule has 2 unspecified atom stereocenters. The minimum absolute atomic E-state index is 0.339. The Bertz CT molecular complexity index is 547. The van der Waals surface area contributed by atoms with Crippen LogP contribution in [-0.2, 0) is 0 Å². The minimum atomic E-state index is 0.339. The van der Waals surface area contributed by atoms with E-state index >= 15 is 0 Å². The van der Waals surface area contributed by atoms with E-state index in [0.29, 0.717) is 22.8 Å². The lowest BCUT2D eigenvalue weighted by Gasteiger charge is -2.47. The van der Waals surface area contributed by atoms with E-state index in [0.717, 1.165) is 24.7 Å². The molecule has 0 amide bonds. The zero-order valence-electron chi connectivity index (χ0n) is 12.7. The monoisotopic (exact) mass is 305 g/mol. The molecule has 3 rings (SSSR count). The molecule has 0 saturated carbocycles. The molecule has 0 aromatic carbocycles. The summed E-state index contributed by atoms with van der Waals surface area (Å²) in [7, 11) is 0. The van der Waals surface area contributed by atoms with Crippen molar-refractivity contribution in [1.29, 1.82) is 0 Å². The number of thiocarbonyl (C=S) groups is 1. The van der Waals surface area contributed by atoms with Gasteiger partial charge in [-0.1, -0.05) is 18.6 Å². The fourth-order valence-corrected chi connectivity index (χ4v) is 3.54. The highest BCUT2D eigenvalue weighted by Gasteiger charge is 2.34. The van der Waals surface area contributed by atoms with Crippen molar-refractivity contribution in [3.63, 3.8) is 0 Å². The van der Waals surface area contributed by atoms with Gasteiger partial charge in [0.1, 0.15) is 10.7 Å². The maximum Gasteiger partial charge on any atom is 0.226 e. The Kier molecular flexibility index (Phi) is 4.08. The van der Waals surface area contributed by atoms with E-state index in [4.69, 9.17) is 18.0 Å². The van der Waals surface area contributed by atoms with Crippen LogP contribution in [-0.4, -0.2) is 51.6 Å². The van der Waals surface area contributed by atoms with Crippen LogP contribution in [0.3, 0.4) is 0 Å². The molecule has 114 valence electrons. The van der Waals surface area contributed by atoms with Crippen LogP contribution in [0.15, 0.2) is 6.07 Å². The van der Waals surface area contributed by atoms with Crippen molar-refractivity contribution in [3.8, 4) is 0 Å². The number of nitrogens with two attached hydrogens (primary N) is 1. The summed E-state index contributed by atoms with van der Waals surface area (Å²) < 4.78 is 0. The standard InChI is InChI=1S/C15H23N5S/c1-10-7-13(14(16)21)18-15(17-10)20-9-12-5-3-4-6-19(12)8-11(20)2/h7,11-12H,3-6,8-9H2,1-2H3,(H2,16,21). The Morgan fingerprint density at radius 3 is 2.90 bits per heavy atom. The van der Waals surface area contributed by atoms with Gasteiger partial charge in [0.05, 0.1) is 0 Å². The van der Waals surface area contributed by atoms with Crippen LogP contribution in [0.2, 0.25) is 0 Å². The number of nitrogens with zero attached hydrogens (tertiary/aromatic N) is 4. The molecular weight excluding hydrogens is 282 g/mol. The van der Waals surface area contributed by atoms with E-state index in [1.807, 2.05) is 13.0 Å². The summed E-state index contributed by atoms with van der Waals surface area (Å²) in [6.45, 7) is 7.53. The maximum atomic E-state index is 5.74. The van der Waals surface area contributed by atoms with Gasteiger partial charge in [0.2, 0.25) is 5.95 Å². The highest BCUT2D eigenvalue weighted by Crippen LogP contribution is 2.26. The molecule has 0 spiro atoms. The van der Waals surface area contributed by atoms with Gasteiger partial charge in [0, 0.05) is 30.9 Å². The lowest BCUT2D eigenvalue weighted by Crippen LogP contribution is -2.59. The summed E-state index contributed by atoms with van der Waals surface area (Å²) in [5.74, 6) is 0.774. The quantitative estimate of drug-likeness (QED) is 0.835. The fraction of sp³-hybridized carbons (Fsp3) is 0.667. The van der Waals surface area contributed by atoms with Gasteiger partial charge in [0.15, 0.2) is 0 Å². The molecule has 2 fully saturated rings. The summed E-state index contributed by atoms with van der Waals surface area (Å²) in [5.41, 5.74) is 7.33. The van der Waals surface area contributed by atoms with Gasteiger partial charge in [-0.05, 0) is 39.3 Å². The second-order valence-corrected chi connectivity index (χ2v) is 6.64. The van der Waals surface area contributed by atoms with E-state index in [2.05, 4.69) is 26.7 Å². The van der Waals surface area contributed by atoms with Gasteiger partial charge in [-0.15, -0.1) is 0 Å². The van der Waals surface area contributed by atoms with Crippen LogP contribution in [0.4, 0.5) is 5.95 Å². The van der Waals surface area contributed by atoms with Gasteiger partial charge < -0.3 is 10.6 Å². The Labute approximate surface area is 131 Å². The number of hydrogen-bond acceptors (Lipinski definition) is 5. The van der Waals surface area contributed by atoms with E-state index in [1.54, 1.807) is 0 Å². The average molecular weight is 305 g/mol. The first-order valence-corrected chi connectivity index (χ1v) is 8.11. The van der Waals surface area contributed by atoms with Gasteiger partial charge in [-0.2, -0.15) is 0 Å². The molecule has 1 aromatic heterocycles. The number of aromatic nitrogens is 2. The van der Waals surface area contributed by atoms with Crippen LogP contribution >= 0.6 is 12.2 Å². The predicted molar refractivity (Wildman–Crippen MR) is 88.7 cm³/mol. The van der Waals surface area contributed by atoms with Crippen molar-refractivity contribution >= 4 is 23.2 Å². The first-order valence-electron chi connectivity index (χ1n) is 7.71. The molecule has 2 saturated heterocycles. The van der Waals surface area contributed by atoms with Crippen LogP contribution in [0.25, 0.3) is 0 Å². The Hall–Kier alpha value is -1.27. The van der Waals surface area contributed by atoms with E-state index in [9.17, 15) is 0 Å². The predicted octanol–water partition coefficient (Wildman–Crippen LogP) is 1.48. The van der Waals surface area contributed by atoms with E-state index in [-0.39, 0.29) is 0 Å². The SMILES string of the molecule is Cc1cc(C(N)=S)nc(N2CC3CCCCN3CC2C)n1. The van der Waals surface area contributed by atoms with E-state index in [1.165, 1.54) is 25.8 Å². The van der Waals surface area contributed by atoms with E-state index < -0.39 is 0 Å². The third-order valence-electron chi connectivity index (χ3n) is 4.54. The molecular formula is C15H23N5S. The molecule has 2 atom stereocenters. The van der Waals surface area contributed by atoms with Gasteiger partial charge >= 0.3 is 0 Å². The lowest BCUT2D eigenvalue weighted by atomic mass is 9.97. The molecule has 6 heteroatoms. The summed E-state index contributed by atoms with van der Waals surface area (Å²) in [6.07, 6.45) is 3.93. The maximum absolute atomic E-state index is 5.74. The lowest BCUT2D eigenvalue weighted by molar-refractivity contribution is 0.115. The fourth-order valence-electron chi connectivity index (χ4n) is 3.44. The highest BCUT2D eigenvalue weighted by atomic mass is 32.1. The molecule has 0 aliphatic carbocycles.